The maximum absolute atomic E-state index is 7.61. The molecular formula is C2H2N3. The highest BCUT2D eigenvalue weighted by atomic mass is 14.9. The highest BCUT2D eigenvalue weighted by Gasteiger charge is 1.52. The highest BCUT2D eigenvalue weighted by Crippen LogP contribution is 1.21. The van der Waals surface area contributed by atoms with Gasteiger partial charge in [-0.05, 0) is 0 Å². The van der Waals surface area contributed by atoms with Gasteiger partial charge in [-0.25, -0.2) is 0 Å². The second-order valence-electron chi connectivity index (χ2n) is 0.385. The maximum atomic E-state index is 7.61. The van der Waals surface area contributed by atoms with Gasteiger partial charge in [-0.3, -0.25) is 5.32 Å². The zero-order valence-corrected chi connectivity index (χ0v) is 2.47. The van der Waals surface area contributed by atoms with Gasteiger partial charge in [0, 0.05) is 0 Å². The topological polar surface area (TPSA) is 58.1 Å². The molecule has 0 aliphatic rings. The number of hydrogen-bond acceptors (Lipinski definition) is 1. The predicted octanol–water partition coefficient (Wildman–Crippen LogP) is -1.11. The summed E-state index contributed by atoms with van der Waals surface area (Å²) >= 11 is 0. The van der Waals surface area contributed by atoms with Crippen LogP contribution in [0, 0.1) is 11.5 Å². The summed E-state index contributed by atoms with van der Waals surface area (Å²) in [5, 5.41) is 17.0. The number of rotatable bonds is 1. The van der Waals surface area contributed by atoms with Gasteiger partial charge in [0.05, 0.1) is 0 Å². The van der Waals surface area contributed by atoms with Crippen molar-refractivity contribution in [3.8, 4) is 6.19 Å². The van der Waals surface area contributed by atoms with E-state index in [4.69, 9.17) is 10.7 Å². The molecule has 0 bridgehead atoms. The molecule has 25 valence electrons. The van der Waals surface area contributed by atoms with Crippen molar-refractivity contribution in [3.63, 3.8) is 0 Å². The van der Waals surface area contributed by atoms with Gasteiger partial charge < -0.3 is 0 Å². The zero-order chi connectivity index (χ0) is 4.12. The fourth-order valence-electron chi connectivity index (χ4n) is 0.0289. The lowest BCUT2D eigenvalue weighted by Gasteiger charge is -1.62. The van der Waals surface area contributed by atoms with Crippen LogP contribution in [0.25, 0.3) is 0 Å². The number of nitrogens with one attached hydrogen (secondary N) is 1. The average Bonchev–Trinajstić information content (AvgIpc) is 1.41. The maximum Gasteiger partial charge on any atom is 0.182 e. The van der Waals surface area contributed by atoms with Gasteiger partial charge in [0.2, 0.25) is 0 Å². The summed E-state index contributed by atoms with van der Waals surface area (Å²) in [6.45, 7) is 0. The molecule has 0 fully saturated rings. The largest absolute Gasteiger partial charge is 0.281 e. The van der Waals surface area contributed by atoms with E-state index in [2.05, 4.69) is 0 Å². The summed E-state index contributed by atoms with van der Waals surface area (Å²) in [4.78, 5) is 0. The minimum atomic E-state index is 0.569. The molecule has 0 unspecified atom stereocenters. The highest BCUT2D eigenvalue weighted by molar-refractivity contribution is 5.52. The first kappa shape index (κ1) is 3.96. The minimum Gasteiger partial charge on any atom is -0.281 e. The number of nitrogens with zero attached hydrogens (tertiary/aromatic N) is 2. The molecule has 1 N–H and O–H groups in total. The molecule has 0 atom stereocenters. The van der Waals surface area contributed by atoms with Crippen LogP contribution in [0.5, 0.6) is 0 Å². The van der Waals surface area contributed by atoms with Gasteiger partial charge in [-0.1, -0.05) is 0 Å². The Balaban J connectivity index is 2.75. The lowest BCUT2D eigenvalue weighted by atomic mass is 11.2. The Kier molecular flexibility index (Phi) is 2.34. The Morgan fingerprint density at radius 3 is 2.40 bits per heavy atom. The SMILES string of the molecule is [N]=CNC#N. The van der Waals surface area contributed by atoms with Crippen LogP contribution in [-0.2, 0) is 0 Å². The lowest BCUT2D eigenvalue weighted by Crippen LogP contribution is -1.99. The Bertz CT molecular complexity index is 59.8. The van der Waals surface area contributed by atoms with E-state index in [1.54, 1.807) is 0 Å². The van der Waals surface area contributed by atoms with E-state index < -0.39 is 0 Å². The van der Waals surface area contributed by atoms with Gasteiger partial charge >= 0.3 is 0 Å². The van der Waals surface area contributed by atoms with Crippen LogP contribution in [0.2, 0.25) is 0 Å². The molecule has 3 nitrogen and oxygen atoms in total. The van der Waals surface area contributed by atoms with Crippen molar-refractivity contribution < 1.29 is 0 Å². The van der Waals surface area contributed by atoms with E-state index in [1.165, 1.54) is 6.19 Å². The molecule has 0 amide bonds. The molecule has 0 heterocycles. The molecule has 0 aliphatic heterocycles. The van der Waals surface area contributed by atoms with Gasteiger partial charge in [0.15, 0.2) is 6.19 Å². The van der Waals surface area contributed by atoms with E-state index in [9.17, 15) is 0 Å². The Morgan fingerprint density at radius 2 is 2.40 bits per heavy atom. The molecule has 5 heavy (non-hydrogen) atoms. The molecule has 0 aliphatic carbocycles. The van der Waals surface area contributed by atoms with Crippen molar-refractivity contribution >= 4 is 6.34 Å². The average molecular weight is 68.1 g/mol. The van der Waals surface area contributed by atoms with Crippen LogP contribution < -0.4 is 10.7 Å². The summed E-state index contributed by atoms with van der Waals surface area (Å²) in [5.74, 6) is 0. The predicted molar refractivity (Wildman–Crippen MR) is 16.9 cm³/mol. The summed E-state index contributed by atoms with van der Waals surface area (Å²) < 4.78 is 0. The van der Waals surface area contributed by atoms with Gasteiger partial charge in [0.1, 0.15) is 6.34 Å². The molecule has 0 saturated carbocycles. The van der Waals surface area contributed by atoms with Crippen molar-refractivity contribution in [2.75, 3.05) is 0 Å². The zero-order valence-electron chi connectivity index (χ0n) is 2.47. The van der Waals surface area contributed by atoms with Crippen molar-refractivity contribution in [1.29, 1.82) is 5.26 Å². The molecule has 0 aromatic heterocycles. The molecule has 0 aromatic rings. The van der Waals surface area contributed by atoms with E-state index >= 15 is 0 Å². The Morgan fingerprint density at radius 1 is 1.80 bits per heavy atom. The summed E-state index contributed by atoms with van der Waals surface area (Å²) in [7, 11) is 0. The first-order chi connectivity index (χ1) is 2.41. The molecule has 0 aromatic carbocycles. The monoisotopic (exact) mass is 68.0 g/mol. The van der Waals surface area contributed by atoms with E-state index in [0.29, 0.717) is 6.34 Å². The van der Waals surface area contributed by atoms with Gasteiger partial charge in [-0.15, -0.1) is 5.41 Å². The van der Waals surface area contributed by atoms with Crippen LogP contribution in [0.4, 0.5) is 0 Å². The molecule has 1 radical (unpaired) electrons. The van der Waals surface area contributed by atoms with Crippen LogP contribution in [0.3, 0.4) is 0 Å². The fraction of sp³-hybridized carbons (Fsp3) is 0. The van der Waals surface area contributed by atoms with Crippen LogP contribution >= 0.6 is 0 Å². The van der Waals surface area contributed by atoms with Crippen molar-refractivity contribution in [2.24, 2.45) is 0 Å². The summed E-state index contributed by atoms with van der Waals surface area (Å²) in [6, 6.07) is 0. The first-order valence-corrected chi connectivity index (χ1v) is 1.02. The molecular weight excluding hydrogens is 66.0 g/mol. The first-order valence-electron chi connectivity index (χ1n) is 1.02. The van der Waals surface area contributed by atoms with Gasteiger partial charge in [-0.2, -0.15) is 5.26 Å². The number of nitriles is 1. The molecule has 0 rings (SSSR count). The fourth-order valence-corrected chi connectivity index (χ4v) is 0.0289. The third kappa shape index (κ3) is 2.96. The van der Waals surface area contributed by atoms with Crippen molar-refractivity contribution in [3.05, 3.63) is 0 Å². The molecule has 0 spiro atoms. The third-order valence-electron chi connectivity index (χ3n) is 0.129. The van der Waals surface area contributed by atoms with E-state index in [0.717, 1.165) is 0 Å². The van der Waals surface area contributed by atoms with Crippen molar-refractivity contribution in [2.45, 2.75) is 0 Å². The second kappa shape index (κ2) is 2.96. The Labute approximate surface area is 29.7 Å². The summed E-state index contributed by atoms with van der Waals surface area (Å²) in [5.41, 5.74) is 0. The molecule has 3 heteroatoms. The number of hydrogen-bond donors (Lipinski definition) is 1. The van der Waals surface area contributed by atoms with Crippen molar-refractivity contribution in [1.82, 2.24) is 10.7 Å². The summed E-state index contributed by atoms with van der Waals surface area (Å²) in [6.07, 6.45) is 2.03. The quantitative estimate of drug-likeness (QED) is 0.183. The molecule has 0 saturated heterocycles. The van der Waals surface area contributed by atoms with Crippen LogP contribution in [0.15, 0.2) is 0 Å². The lowest BCUT2D eigenvalue weighted by molar-refractivity contribution is 1.30. The van der Waals surface area contributed by atoms with E-state index in [-0.39, 0.29) is 0 Å². The van der Waals surface area contributed by atoms with E-state index in [1.807, 2.05) is 5.32 Å². The standard InChI is InChI=1S/C2H2N3/c3-1-5-2-4/h1,5H. The van der Waals surface area contributed by atoms with Gasteiger partial charge in [0.25, 0.3) is 0 Å². The third-order valence-corrected chi connectivity index (χ3v) is 0.129. The van der Waals surface area contributed by atoms with Crippen LogP contribution in [-0.4, -0.2) is 6.34 Å². The smallest absolute Gasteiger partial charge is 0.182 e. The minimum absolute atomic E-state index is 0.569. The Hall–Kier alpha value is -1.04. The second-order valence-corrected chi connectivity index (χ2v) is 0.385. The normalized spacial score (nSPS) is 4.60. The van der Waals surface area contributed by atoms with Crippen LogP contribution in [0.1, 0.15) is 0 Å².